The Morgan fingerprint density at radius 3 is 2.23 bits per heavy atom. The first-order valence-electron chi connectivity index (χ1n) is 7.60. The van der Waals surface area contributed by atoms with Crippen LogP contribution >= 0.6 is 0 Å². The van der Waals surface area contributed by atoms with E-state index < -0.39 is 0 Å². The zero-order chi connectivity index (χ0) is 16.3. The van der Waals surface area contributed by atoms with E-state index in [4.69, 9.17) is 10.5 Å². The fourth-order valence-corrected chi connectivity index (χ4v) is 1.96. The summed E-state index contributed by atoms with van der Waals surface area (Å²) < 4.78 is 5.77. The third kappa shape index (κ3) is 4.20. The van der Waals surface area contributed by atoms with E-state index in [9.17, 15) is 0 Å². The molecule has 0 aliphatic rings. The van der Waals surface area contributed by atoms with Crippen LogP contribution in [0.15, 0.2) is 24.3 Å². The lowest BCUT2D eigenvalue weighted by Crippen LogP contribution is -2.11. The molecule has 0 bridgehead atoms. The molecule has 1 aromatic carbocycles. The number of nitrogens with zero attached hydrogens (tertiary/aromatic N) is 2. The van der Waals surface area contributed by atoms with Crippen LogP contribution in [0.3, 0.4) is 0 Å². The predicted octanol–water partition coefficient (Wildman–Crippen LogP) is 4.16. The topological polar surface area (TPSA) is 61.0 Å². The summed E-state index contributed by atoms with van der Waals surface area (Å²) in [6.07, 6.45) is 1.02. The number of hydrogen-bond donors (Lipinski definition) is 1. The third-order valence-electron chi connectivity index (χ3n) is 3.66. The maximum Gasteiger partial charge on any atom is 0.161 e. The fraction of sp³-hybridized carbons (Fsp3) is 0.444. The minimum atomic E-state index is 0.282. The molecular weight excluding hydrogens is 274 g/mol. The van der Waals surface area contributed by atoms with Crippen LogP contribution in [0.4, 0.5) is 5.82 Å². The lowest BCUT2D eigenvalue weighted by atomic mass is 9.93. The van der Waals surface area contributed by atoms with E-state index in [2.05, 4.69) is 30.7 Å². The Bertz CT molecular complexity index is 619. The molecule has 0 spiro atoms. The number of benzene rings is 1. The molecule has 0 unspecified atom stereocenters. The lowest BCUT2D eigenvalue weighted by molar-refractivity contribution is 0.243. The second kappa shape index (κ2) is 6.34. The van der Waals surface area contributed by atoms with E-state index in [1.54, 1.807) is 0 Å². The Balaban J connectivity index is 2.09. The molecule has 0 amide bonds. The second-order valence-corrected chi connectivity index (χ2v) is 6.83. The number of hydrogen-bond acceptors (Lipinski definition) is 4. The van der Waals surface area contributed by atoms with E-state index in [-0.39, 0.29) is 5.41 Å². The molecule has 0 saturated heterocycles. The molecule has 0 aliphatic carbocycles. The fourth-order valence-electron chi connectivity index (χ4n) is 1.96. The van der Waals surface area contributed by atoms with Crippen LogP contribution in [0.1, 0.15) is 38.4 Å². The molecule has 0 atom stereocenters. The minimum Gasteiger partial charge on any atom is -0.494 e. The zero-order valence-electron chi connectivity index (χ0n) is 14.1. The summed E-state index contributed by atoms with van der Waals surface area (Å²) in [7, 11) is 0. The lowest BCUT2D eigenvalue weighted by Gasteiger charge is -2.18. The molecule has 2 aromatic rings. The Hall–Kier alpha value is -2.10. The van der Waals surface area contributed by atoms with Crippen molar-refractivity contribution in [2.24, 2.45) is 5.41 Å². The van der Waals surface area contributed by atoms with Crippen LogP contribution < -0.4 is 10.5 Å². The molecular formula is C18H25N3O. The van der Waals surface area contributed by atoms with Crippen LogP contribution in [0.5, 0.6) is 5.75 Å². The predicted molar refractivity (Wildman–Crippen MR) is 90.9 cm³/mol. The summed E-state index contributed by atoms with van der Waals surface area (Å²) in [6.45, 7) is 11.2. The molecule has 0 fully saturated rings. The van der Waals surface area contributed by atoms with E-state index in [1.807, 2.05) is 38.1 Å². The molecule has 22 heavy (non-hydrogen) atoms. The summed E-state index contributed by atoms with van der Waals surface area (Å²) >= 11 is 0. The van der Waals surface area contributed by atoms with Crippen molar-refractivity contribution in [3.05, 3.63) is 35.5 Å². The quantitative estimate of drug-likeness (QED) is 0.921. The third-order valence-corrected chi connectivity index (χ3v) is 3.66. The van der Waals surface area contributed by atoms with E-state index in [1.165, 1.54) is 0 Å². The van der Waals surface area contributed by atoms with Gasteiger partial charge in [0.1, 0.15) is 11.6 Å². The highest BCUT2D eigenvalue weighted by molar-refractivity contribution is 5.59. The van der Waals surface area contributed by atoms with Gasteiger partial charge in [-0.1, -0.05) is 20.8 Å². The van der Waals surface area contributed by atoms with Crippen molar-refractivity contribution in [2.45, 2.75) is 41.0 Å². The zero-order valence-corrected chi connectivity index (χ0v) is 14.1. The van der Waals surface area contributed by atoms with Gasteiger partial charge in [0.2, 0.25) is 0 Å². The number of ether oxygens (including phenoxy) is 1. The number of nitrogens with two attached hydrogens (primary N) is 1. The average molecular weight is 299 g/mol. The van der Waals surface area contributed by atoms with Crippen molar-refractivity contribution in [3.8, 4) is 17.1 Å². The molecule has 118 valence electrons. The average Bonchev–Trinajstić information content (AvgIpc) is 2.43. The number of aryl methyl sites for hydroxylation is 1. The largest absolute Gasteiger partial charge is 0.494 e. The number of anilines is 1. The van der Waals surface area contributed by atoms with Gasteiger partial charge in [0.15, 0.2) is 5.82 Å². The highest BCUT2D eigenvalue weighted by atomic mass is 16.5. The van der Waals surface area contributed by atoms with E-state index in [0.29, 0.717) is 11.6 Å². The van der Waals surface area contributed by atoms with Gasteiger partial charge in [0, 0.05) is 16.8 Å². The number of rotatable bonds is 4. The van der Waals surface area contributed by atoms with Gasteiger partial charge in [-0.25, -0.2) is 9.97 Å². The van der Waals surface area contributed by atoms with Crippen molar-refractivity contribution in [1.82, 2.24) is 9.97 Å². The van der Waals surface area contributed by atoms with Crippen LogP contribution in [0, 0.1) is 19.3 Å². The van der Waals surface area contributed by atoms with Crippen molar-refractivity contribution < 1.29 is 4.74 Å². The summed E-state index contributed by atoms with van der Waals surface area (Å²) in [5.41, 5.74) is 8.99. The van der Waals surface area contributed by atoms with Crippen LogP contribution in [-0.4, -0.2) is 16.6 Å². The SMILES string of the molecule is Cc1nc(-c2ccc(OCCC(C)(C)C)cc2)nc(N)c1C. The first kappa shape index (κ1) is 16.3. The van der Waals surface area contributed by atoms with Crippen molar-refractivity contribution in [2.75, 3.05) is 12.3 Å². The molecule has 2 rings (SSSR count). The van der Waals surface area contributed by atoms with Crippen LogP contribution in [0.2, 0.25) is 0 Å². The van der Waals surface area contributed by atoms with Crippen molar-refractivity contribution in [1.29, 1.82) is 0 Å². The maximum atomic E-state index is 5.92. The summed E-state index contributed by atoms with van der Waals surface area (Å²) in [6, 6.07) is 7.84. The molecule has 0 aliphatic heterocycles. The summed E-state index contributed by atoms with van der Waals surface area (Å²) in [5.74, 6) is 2.06. The Kier molecular flexibility index (Phi) is 4.69. The van der Waals surface area contributed by atoms with Gasteiger partial charge in [-0.05, 0) is 49.9 Å². The standard InChI is InChI=1S/C18H25N3O/c1-12-13(2)20-17(21-16(12)19)14-6-8-15(9-7-14)22-11-10-18(3,4)5/h6-9H,10-11H2,1-5H3,(H2,19,20,21). The first-order chi connectivity index (χ1) is 10.3. The summed E-state index contributed by atoms with van der Waals surface area (Å²) in [4.78, 5) is 8.85. The Morgan fingerprint density at radius 1 is 1.05 bits per heavy atom. The Labute approximate surface area is 132 Å². The normalized spacial score (nSPS) is 11.5. The summed E-state index contributed by atoms with van der Waals surface area (Å²) in [5, 5.41) is 0. The number of aromatic nitrogens is 2. The second-order valence-electron chi connectivity index (χ2n) is 6.83. The smallest absolute Gasteiger partial charge is 0.161 e. The molecule has 4 heteroatoms. The molecule has 1 aromatic heterocycles. The highest BCUT2D eigenvalue weighted by Gasteiger charge is 2.10. The Morgan fingerprint density at radius 2 is 1.68 bits per heavy atom. The minimum absolute atomic E-state index is 0.282. The van der Waals surface area contributed by atoms with Gasteiger partial charge in [0.25, 0.3) is 0 Å². The molecule has 1 heterocycles. The molecule has 4 nitrogen and oxygen atoms in total. The van der Waals surface area contributed by atoms with Crippen LogP contribution in [-0.2, 0) is 0 Å². The van der Waals surface area contributed by atoms with Gasteiger partial charge < -0.3 is 10.5 Å². The first-order valence-corrected chi connectivity index (χ1v) is 7.60. The van der Waals surface area contributed by atoms with Gasteiger partial charge in [-0.15, -0.1) is 0 Å². The van der Waals surface area contributed by atoms with Gasteiger partial charge in [-0.2, -0.15) is 0 Å². The van der Waals surface area contributed by atoms with E-state index in [0.717, 1.165) is 35.6 Å². The van der Waals surface area contributed by atoms with Crippen molar-refractivity contribution >= 4 is 5.82 Å². The van der Waals surface area contributed by atoms with Crippen molar-refractivity contribution in [3.63, 3.8) is 0 Å². The monoisotopic (exact) mass is 299 g/mol. The molecule has 0 saturated carbocycles. The van der Waals surface area contributed by atoms with Gasteiger partial charge in [0.05, 0.1) is 6.61 Å². The molecule has 2 N–H and O–H groups in total. The van der Waals surface area contributed by atoms with Gasteiger partial charge >= 0.3 is 0 Å². The maximum absolute atomic E-state index is 5.92. The van der Waals surface area contributed by atoms with Gasteiger partial charge in [-0.3, -0.25) is 0 Å². The number of nitrogen functional groups attached to an aromatic ring is 1. The molecule has 0 radical (unpaired) electrons. The van der Waals surface area contributed by atoms with Crippen LogP contribution in [0.25, 0.3) is 11.4 Å². The van der Waals surface area contributed by atoms with E-state index >= 15 is 0 Å². The highest BCUT2D eigenvalue weighted by Crippen LogP contribution is 2.23.